The van der Waals surface area contributed by atoms with Gasteiger partial charge in [-0.05, 0) is 63.7 Å². The molecule has 1 heterocycles. The predicted molar refractivity (Wildman–Crippen MR) is 151 cm³/mol. The fourth-order valence-electron chi connectivity index (χ4n) is 4.41. The number of amides is 1. The SMILES string of the molecule is COCCc1ccc(-c2ccc(CN(C(=O)CC(C)(C)C)c3nccc4cc(C(=O)O)ccc34)cc2)cc1. The molecule has 4 rings (SSSR count). The molecule has 0 fully saturated rings. The van der Waals surface area contributed by atoms with Crippen LogP contribution in [0.15, 0.2) is 79.0 Å². The van der Waals surface area contributed by atoms with Gasteiger partial charge in [-0.1, -0.05) is 69.3 Å². The lowest BCUT2D eigenvalue weighted by molar-refractivity contribution is -0.120. The predicted octanol–water partition coefficient (Wildman–Crippen LogP) is 6.76. The van der Waals surface area contributed by atoms with Crippen LogP contribution in [0.4, 0.5) is 5.82 Å². The van der Waals surface area contributed by atoms with E-state index in [1.165, 1.54) is 5.56 Å². The van der Waals surface area contributed by atoms with E-state index in [1.54, 1.807) is 42.5 Å². The second-order valence-electron chi connectivity index (χ2n) is 10.7. The van der Waals surface area contributed by atoms with Crippen molar-refractivity contribution in [3.63, 3.8) is 0 Å². The van der Waals surface area contributed by atoms with Gasteiger partial charge in [-0.2, -0.15) is 0 Å². The van der Waals surface area contributed by atoms with Crippen LogP contribution in [-0.4, -0.2) is 35.7 Å². The van der Waals surface area contributed by atoms with Crippen molar-refractivity contribution in [1.29, 1.82) is 0 Å². The second-order valence-corrected chi connectivity index (χ2v) is 10.7. The minimum atomic E-state index is -0.990. The minimum Gasteiger partial charge on any atom is -0.478 e. The number of benzene rings is 3. The third kappa shape index (κ3) is 6.64. The highest BCUT2D eigenvalue weighted by Crippen LogP contribution is 2.30. The molecule has 0 unspecified atom stereocenters. The summed E-state index contributed by atoms with van der Waals surface area (Å²) in [4.78, 5) is 31.3. The van der Waals surface area contributed by atoms with Crippen LogP contribution in [0.2, 0.25) is 0 Å². The molecule has 196 valence electrons. The first-order valence-corrected chi connectivity index (χ1v) is 12.7. The van der Waals surface area contributed by atoms with Gasteiger partial charge in [0.15, 0.2) is 0 Å². The Bertz CT molecular complexity index is 1420. The van der Waals surface area contributed by atoms with Gasteiger partial charge in [-0.15, -0.1) is 0 Å². The van der Waals surface area contributed by atoms with Crippen LogP contribution in [0.1, 0.15) is 48.7 Å². The zero-order chi connectivity index (χ0) is 27.3. The molecule has 0 saturated heterocycles. The average Bonchev–Trinajstić information content (AvgIpc) is 2.89. The van der Waals surface area contributed by atoms with Gasteiger partial charge in [0.25, 0.3) is 0 Å². The molecule has 0 saturated carbocycles. The molecular formula is C32H34N2O4. The molecule has 1 amide bonds. The van der Waals surface area contributed by atoms with Gasteiger partial charge in [0.2, 0.25) is 5.91 Å². The number of hydrogen-bond donors (Lipinski definition) is 1. The molecule has 1 N–H and O–H groups in total. The third-order valence-corrected chi connectivity index (χ3v) is 6.41. The second kappa shape index (κ2) is 11.6. The summed E-state index contributed by atoms with van der Waals surface area (Å²) < 4.78 is 5.16. The first-order chi connectivity index (χ1) is 18.1. The largest absolute Gasteiger partial charge is 0.478 e. The summed E-state index contributed by atoms with van der Waals surface area (Å²) in [5.74, 6) is -0.490. The van der Waals surface area contributed by atoms with Gasteiger partial charge >= 0.3 is 5.97 Å². The molecule has 0 radical (unpaired) electrons. The first-order valence-electron chi connectivity index (χ1n) is 12.7. The van der Waals surface area contributed by atoms with E-state index in [2.05, 4.69) is 41.4 Å². The number of ether oxygens (including phenoxy) is 1. The Morgan fingerprint density at radius 2 is 1.53 bits per heavy atom. The van der Waals surface area contributed by atoms with Crippen molar-refractivity contribution < 1.29 is 19.4 Å². The molecule has 0 aliphatic carbocycles. The maximum atomic E-state index is 13.6. The van der Waals surface area contributed by atoms with Gasteiger partial charge in [0.1, 0.15) is 5.82 Å². The first kappa shape index (κ1) is 27.0. The molecular weight excluding hydrogens is 476 g/mol. The van der Waals surface area contributed by atoms with Crippen LogP contribution in [0, 0.1) is 5.41 Å². The maximum absolute atomic E-state index is 13.6. The highest BCUT2D eigenvalue weighted by Gasteiger charge is 2.25. The summed E-state index contributed by atoms with van der Waals surface area (Å²) in [5, 5.41) is 10.9. The molecule has 0 spiro atoms. The summed E-state index contributed by atoms with van der Waals surface area (Å²) in [7, 11) is 1.71. The highest BCUT2D eigenvalue weighted by molar-refractivity contribution is 6.04. The Hall–Kier alpha value is -4.03. The standard InChI is InChI=1S/C32H34N2O4/c1-32(2,3)20-29(35)34(30-28-14-13-27(31(36)37)19-26(28)15-17-33-30)21-23-7-11-25(12-8-23)24-9-5-22(6-10-24)16-18-38-4/h5-15,17,19H,16,18,20-21H2,1-4H3,(H,36,37). The summed E-state index contributed by atoms with van der Waals surface area (Å²) in [6, 6.07) is 23.4. The van der Waals surface area contributed by atoms with E-state index >= 15 is 0 Å². The topological polar surface area (TPSA) is 79.7 Å². The zero-order valence-corrected chi connectivity index (χ0v) is 22.4. The van der Waals surface area contributed by atoms with Crippen molar-refractivity contribution in [2.24, 2.45) is 5.41 Å². The van der Waals surface area contributed by atoms with Crippen LogP contribution >= 0.6 is 0 Å². The number of carboxylic acids is 1. The van der Waals surface area contributed by atoms with Crippen molar-refractivity contribution in [3.05, 3.63) is 95.7 Å². The van der Waals surface area contributed by atoms with E-state index in [9.17, 15) is 14.7 Å². The van der Waals surface area contributed by atoms with Crippen LogP contribution in [0.5, 0.6) is 0 Å². The Morgan fingerprint density at radius 1 is 0.895 bits per heavy atom. The number of rotatable bonds is 9. The van der Waals surface area contributed by atoms with Crippen molar-refractivity contribution >= 4 is 28.5 Å². The molecule has 4 aromatic rings. The van der Waals surface area contributed by atoms with E-state index in [0.717, 1.165) is 33.9 Å². The van der Waals surface area contributed by atoms with Crippen LogP contribution in [0.3, 0.4) is 0 Å². The number of aromatic carboxylic acids is 1. The van der Waals surface area contributed by atoms with Crippen LogP contribution in [-0.2, 0) is 22.5 Å². The summed E-state index contributed by atoms with van der Waals surface area (Å²) in [6.07, 6.45) is 2.86. The number of aromatic nitrogens is 1. The number of carbonyl (C=O) groups excluding carboxylic acids is 1. The van der Waals surface area contributed by atoms with E-state index < -0.39 is 5.97 Å². The number of nitrogens with zero attached hydrogens (tertiary/aromatic N) is 2. The summed E-state index contributed by atoms with van der Waals surface area (Å²) >= 11 is 0. The van der Waals surface area contributed by atoms with Crippen molar-refractivity contribution in [1.82, 2.24) is 4.98 Å². The van der Waals surface area contributed by atoms with Gasteiger partial charge in [0.05, 0.1) is 18.7 Å². The number of fused-ring (bicyclic) bond motifs is 1. The zero-order valence-electron chi connectivity index (χ0n) is 22.4. The molecule has 38 heavy (non-hydrogen) atoms. The number of anilines is 1. The third-order valence-electron chi connectivity index (χ3n) is 6.41. The van der Waals surface area contributed by atoms with Gasteiger partial charge in [0, 0.05) is 25.1 Å². The molecule has 0 atom stereocenters. The van der Waals surface area contributed by atoms with E-state index in [0.29, 0.717) is 25.4 Å². The molecule has 0 bridgehead atoms. The number of hydrogen-bond acceptors (Lipinski definition) is 4. The Balaban J connectivity index is 1.64. The van der Waals surface area contributed by atoms with Crippen molar-refractivity contribution in [2.45, 2.75) is 40.2 Å². The molecule has 6 heteroatoms. The lowest BCUT2D eigenvalue weighted by atomic mass is 9.91. The number of pyridine rings is 1. The van der Waals surface area contributed by atoms with Crippen LogP contribution < -0.4 is 4.90 Å². The molecule has 6 nitrogen and oxygen atoms in total. The Morgan fingerprint density at radius 3 is 2.11 bits per heavy atom. The molecule has 3 aromatic carbocycles. The lowest BCUT2D eigenvalue weighted by Gasteiger charge is -2.27. The van der Waals surface area contributed by atoms with Gasteiger partial charge in [-0.3, -0.25) is 9.69 Å². The van der Waals surface area contributed by atoms with E-state index in [4.69, 9.17) is 4.74 Å². The fourth-order valence-corrected chi connectivity index (χ4v) is 4.41. The summed E-state index contributed by atoms with van der Waals surface area (Å²) in [5.41, 5.74) is 4.44. The van der Waals surface area contributed by atoms with Crippen molar-refractivity contribution in [2.75, 3.05) is 18.6 Å². The van der Waals surface area contributed by atoms with Gasteiger partial charge in [-0.25, -0.2) is 9.78 Å². The monoisotopic (exact) mass is 510 g/mol. The van der Waals surface area contributed by atoms with Crippen LogP contribution in [0.25, 0.3) is 21.9 Å². The minimum absolute atomic E-state index is 0.0319. The molecule has 0 aliphatic rings. The number of carboxylic acid groups (broad SMARTS) is 1. The van der Waals surface area contributed by atoms with Crippen molar-refractivity contribution in [3.8, 4) is 11.1 Å². The highest BCUT2D eigenvalue weighted by atomic mass is 16.5. The molecule has 0 aliphatic heterocycles. The molecule has 1 aromatic heterocycles. The van der Waals surface area contributed by atoms with E-state index in [1.807, 2.05) is 32.9 Å². The maximum Gasteiger partial charge on any atom is 0.335 e. The van der Waals surface area contributed by atoms with Gasteiger partial charge < -0.3 is 9.84 Å². The fraction of sp³-hybridized carbons (Fsp3) is 0.281. The Labute approximate surface area is 223 Å². The average molecular weight is 511 g/mol. The van der Waals surface area contributed by atoms with E-state index in [-0.39, 0.29) is 16.9 Å². The lowest BCUT2D eigenvalue weighted by Crippen LogP contribution is -2.34. The quantitative estimate of drug-likeness (QED) is 0.269. The number of methoxy groups -OCH3 is 1. The Kier molecular flexibility index (Phi) is 8.23. The smallest absolute Gasteiger partial charge is 0.335 e. The normalized spacial score (nSPS) is 11.5. The summed E-state index contributed by atoms with van der Waals surface area (Å²) in [6.45, 7) is 7.17. The number of carbonyl (C=O) groups is 2.